The third-order valence-electron chi connectivity index (χ3n) is 3.23. The number of hydrogen-bond donors (Lipinski definition) is 1. The fourth-order valence-corrected chi connectivity index (χ4v) is 1.99. The Balaban J connectivity index is 1.96. The van der Waals surface area contributed by atoms with Gasteiger partial charge in [0.05, 0.1) is 12.8 Å². The normalized spacial score (nSPS) is 10.4. The molecule has 2 rings (SSSR count). The van der Waals surface area contributed by atoms with E-state index in [9.17, 15) is 0 Å². The van der Waals surface area contributed by atoms with E-state index in [1.54, 1.807) is 7.11 Å². The Hall–Kier alpha value is -2.14. The Morgan fingerprint density at radius 1 is 1.10 bits per heavy atom. The summed E-state index contributed by atoms with van der Waals surface area (Å²) in [4.78, 5) is 2.08. The summed E-state index contributed by atoms with van der Waals surface area (Å²) in [5.74, 6) is 1.74. The zero-order valence-electron chi connectivity index (χ0n) is 12.8. The number of nitrogens with zero attached hydrogens (tertiary/aromatic N) is 3. The lowest BCUT2D eigenvalue weighted by molar-refractivity contribution is 0.414. The number of methoxy groups -OCH3 is 1. The van der Waals surface area contributed by atoms with Crippen molar-refractivity contribution in [2.75, 3.05) is 25.6 Å². The number of hydrogen-bond acceptors (Lipinski definition) is 5. The fraction of sp³-hybridized carbons (Fsp3) is 0.375. The van der Waals surface area contributed by atoms with E-state index in [0.29, 0.717) is 0 Å². The van der Waals surface area contributed by atoms with Gasteiger partial charge in [-0.15, -0.1) is 5.10 Å². The van der Waals surface area contributed by atoms with Gasteiger partial charge in [0.1, 0.15) is 5.75 Å². The van der Waals surface area contributed by atoms with Crippen LogP contribution in [0.1, 0.15) is 18.2 Å². The predicted octanol–water partition coefficient (Wildman–Crippen LogP) is 2.23. The first-order valence-corrected chi connectivity index (χ1v) is 7.10. The number of aromatic nitrogens is 2. The first-order chi connectivity index (χ1) is 10.2. The average molecular weight is 286 g/mol. The quantitative estimate of drug-likeness (QED) is 0.846. The number of anilines is 1. The molecule has 0 saturated heterocycles. The van der Waals surface area contributed by atoms with Gasteiger partial charge >= 0.3 is 0 Å². The summed E-state index contributed by atoms with van der Waals surface area (Å²) in [7, 11) is 3.68. The molecule has 0 radical (unpaired) electrons. The zero-order chi connectivity index (χ0) is 15.1. The highest BCUT2D eigenvalue weighted by Crippen LogP contribution is 2.15. The maximum atomic E-state index is 5.16. The van der Waals surface area contributed by atoms with Gasteiger partial charge < -0.3 is 15.0 Å². The van der Waals surface area contributed by atoms with E-state index < -0.39 is 0 Å². The van der Waals surface area contributed by atoms with Gasteiger partial charge in [-0.3, -0.25) is 0 Å². The van der Waals surface area contributed by atoms with Crippen molar-refractivity contribution in [1.82, 2.24) is 15.5 Å². The topological polar surface area (TPSA) is 50.3 Å². The van der Waals surface area contributed by atoms with Crippen LogP contribution in [0.3, 0.4) is 0 Å². The highest BCUT2D eigenvalue weighted by Gasteiger charge is 2.05. The number of ether oxygens (including phenoxy) is 1. The summed E-state index contributed by atoms with van der Waals surface area (Å²) < 4.78 is 5.16. The molecule has 0 amide bonds. The molecule has 112 valence electrons. The Morgan fingerprint density at radius 3 is 2.43 bits per heavy atom. The van der Waals surface area contributed by atoms with Crippen LogP contribution in [-0.2, 0) is 13.1 Å². The molecular weight excluding hydrogens is 264 g/mol. The van der Waals surface area contributed by atoms with Crippen molar-refractivity contribution in [2.24, 2.45) is 0 Å². The minimum atomic E-state index is 0.756. The summed E-state index contributed by atoms with van der Waals surface area (Å²) >= 11 is 0. The van der Waals surface area contributed by atoms with Crippen LogP contribution in [0, 0.1) is 0 Å². The molecule has 0 aliphatic rings. The molecule has 1 aromatic carbocycles. The largest absolute Gasteiger partial charge is 0.497 e. The van der Waals surface area contributed by atoms with E-state index >= 15 is 0 Å². The number of benzene rings is 1. The van der Waals surface area contributed by atoms with Crippen molar-refractivity contribution >= 4 is 5.82 Å². The summed E-state index contributed by atoms with van der Waals surface area (Å²) in [6.07, 6.45) is 0. The Bertz CT molecular complexity index is 539. The van der Waals surface area contributed by atoms with Crippen molar-refractivity contribution in [1.29, 1.82) is 0 Å². The maximum Gasteiger partial charge on any atom is 0.151 e. The molecule has 0 atom stereocenters. The van der Waals surface area contributed by atoms with Gasteiger partial charge in [0.15, 0.2) is 5.82 Å². The molecule has 21 heavy (non-hydrogen) atoms. The van der Waals surface area contributed by atoms with E-state index in [1.165, 1.54) is 5.56 Å². The molecule has 2 aromatic rings. The molecule has 1 N–H and O–H groups in total. The van der Waals surface area contributed by atoms with Gasteiger partial charge in [0, 0.05) is 20.1 Å². The molecule has 5 nitrogen and oxygen atoms in total. The molecule has 0 aliphatic heterocycles. The van der Waals surface area contributed by atoms with E-state index in [0.717, 1.165) is 36.9 Å². The predicted molar refractivity (Wildman–Crippen MR) is 84.5 cm³/mol. The second-order valence-electron chi connectivity index (χ2n) is 4.87. The van der Waals surface area contributed by atoms with Crippen molar-refractivity contribution in [3.05, 3.63) is 47.7 Å². The molecule has 5 heteroatoms. The summed E-state index contributed by atoms with van der Waals surface area (Å²) in [5, 5.41) is 11.7. The average Bonchev–Trinajstić information content (AvgIpc) is 2.54. The lowest BCUT2D eigenvalue weighted by Gasteiger charge is -2.18. The molecule has 0 unspecified atom stereocenters. The van der Waals surface area contributed by atoms with Crippen LogP contribution < -0.4 is 15.0 Å². The van der Waals surface area contributed by atoms with Gasteiger partial charge in [-0.05, 0) is 36.4 Å². The minimum absolute atomic E-state index is 0.756. The molecule has 0 bridgehead atoms. The Labute approximate surface area is 126 Å². The lowest BCUT2D eigenvalue weighted by Crippen LogP contribution is -2.19. The van der Waals surface area contributed by atoms with Crippen molar-refractivity contribution in [2.45, 2.75) is 20.0 Å². The maximum absolute atomic E-state index is 5.16. The standard InChI is InChI=1S/C16H22N4O/c1-4-17-11-14-7-10-16(19-18-14)20(2)12-13-5-8-15(21-3)9-6-13/h5-10,17H,4,11-12H2,1-3H3. The molecule has 1 heterocycles. The second-order valence-corrected chi connectivity index (χ2v) is 4.87. The molecule has 0 saturated carbocycles. The Kier molecular flexibility index (Phi) is 5.51. The first-order valence-electron chi connectivity index (χ1n) is 7.10. The van der Waals surface area contributed by atoms with Crippen LogP contribution in [0.2, 0.25) is 0 Å². The minimum Gasteiger partial charge on any atom is -0.497 e. The third kappa shape index (κ3) is 4.43. The second kappa shape index (κ2) is 7.59. The molecule has 0 aliphatic carbocycles. The van der Waals surface area contributed by atoms with Crippen LogP contribution in [0.25, 0.3) is 0 Å². The van der Waals surface area contributed by atoms with Gasteiger partial charge in [0.2, 0.25) is 0 Å². The first kappa shape index (κ1) is 15.3. The molecular formula is C16H22N4O. The summed E-state index contributed by atoms with van der Waals surface area (Å²) in [5.41, 5.74) is 2.16. The van der Waals surface area contributed by atoms with Crippen LogP contribution in [0.15, 0.2) is 36.4 Å². The van der Waals surface area contributed by atoms with Crippen LogP contribution in [0.4, 0.5) is 5.82 Å². The van der Waals surface area contributed by atoms with Crippen LogP contribution in [-0.4, -0.2) is 30.9 Å². The third-order valence-corrected chi connectivity index (χ3v) is 3.23. The van der Waals surface area contributed by atoms with E-state index in [4.69, 9.17) is 4.74 Å². The van der Waals surface area contributed by atoms with E-state index in [2.05, 4.69) is 39.5 Å². The van der Waals surface area contributed by atoms with Crippen molar-refractivity contribution in [3.8, 4) is 5.75 Å². The number of nitrogens with one attached hydrogen (secondary N) is 1. The van der Waals surface area contributed by atoms with Crippen LogP contribution in [0.5, 0.6) is 5.75 Å². The SMILES string of the molecule is CCNCc1ccc(N(C)Cc2ccc(OC)cc2)nn1. The Morgan fingerprint density at radius 2 is 1.86 bits per heavy atom. The smallest absolute Gasteiger partial charge is 0.151 e. The summed E-state index contributed by atoms with van der Waals surface area (Å²) in [6.45, 7) is 4.54. The summed E-state index contributed by atoms with van der Waals surface area (Å²) in [6, 6.07) is 12.1. The van der Waals surface area contributed by atoms with Crippen molar-refractivity contribution in [3.63, 3.8) is 0 Å². The highest BCUT2D eigenvalue weighted by molar-refractivity contribution is 5.38. The van der Waals surface area contributed by atoms with Crippen molar-refractivity contribution < 1.29 is 4.74 Å². The molecule has 0 spiro atoms. The monoisotopic (exact) mass is 286 g/mol. The lowest BCUT2D eigenvalue weighted by atomic mass is 10.2. The van der Waals surface area contributed by atoms with E-state index in [-0.39, 0.29) is 0 Å². The van der Waals surface area contributed by atoms with Gasteiger partial charge in [-0.2, -0.15) is 5.10 Å². The molecule has 0 fully saturated rings. The van der Waals surface area contributed by atoms with Crippen LogP contribution >= 0.6 is 0 Å². The fourth-order valence-electron chi connectivity index (χ4n) is 1.99. The van der Waals surface area contributed by atoms with Gasteiger partial charge in [-0.1, -0.05) is 19.1 Å². The van der Waals surface area contributed by atoms with Gasteiger partial charge in [0.25, 0.3) is 0 Å². The highest BCUT2D eigenvalue weighted by atomic mass is 16.5. The van der Waals surface area contributed by atoms with Gasteiger partial charge in [-0.25, -0.2) is 0 Å². The molecule has 1 aromatic heterocycles. The number of rotatable bonds is 7. The zero-order valence-corrected chi connectivity index (χ0v) is 12.8. The van der Waals surface area contributed by atoms with E-state index in [1.807, 2.05) is 31.3 Å².